The van der Waals surface area contributed by atoms with E-state index in [0.29, 0.717) is 13.1 Å². The molecule has 5 nitrogen and oxygen atoms in total. The van der Waals surface area contributed by atoms with Gasteiger partial charge in [-0.2, -0.15) is 0 Å². The summed E-state index contributed by atoms with van der Waals surface area (Å²) >= 11 is 1.64. The molecule has 1 unspecified atom stereocenters. The van der Waals surface area contributed by atoms with Crippen LogP contribution in [0.2, 0.25) is 0 Å². The summed E-state index contributed by atoms with van der Waals surface area (Å²) in [5, 5.41) is 8.80. The zero-order chi connectivity index (χ0) is 12.8. The summed E-state index contributed by atoms with van der Waals surface area (Å²) in [6, 6.07) is 0. The predicted molar refractivity (Wildman–Crippen MR) is 68.2 cm³/mol. The molecular formula is C11H20N2O3S. The molecule has 0 radical (unpaired) electrons. The largest absolute Gasteiger partial charge is 0.480 e. The summed E-state index contributed by atoms with van der Waals surface area (Å²) in [6.07, 6.45) is 1.93. The second-order valence-electron chi connectivity index (χ2n) is 4.46. The Morgan fingerprint density at radius 3 is 2.53 bits per heavy atom. The molecule has 1 aliphatic heterocycles. The van der Waals surface area contributed by atoms with Crippen molar-refractivity contribution in [3.8, 4) is 0 Å². The van der Waals surface area contributed by atoms with Crippen LogP contribution in [0, 0.1) is 0 Å². The Balaban J connectivity index is 2.53. The van der Waals surface area contributed by atoms with Gasteiger partial charge in [-0.15, -0.1) is 11.8 Å². The SMILES string of the molecule is CN(C)CCN(CC(=O)O)C(=O)C1CCCS1. The number of aliphatic carboxylic acids is 1. The normalized spacial score (nSPS) is 19.6. The van der Waals surface area contributed by atoms with Gasteiger partial charge in [0.1, 0.15) is 6.54 Å². The molecule has 0 aromatic carbocycles. The second-order valence-corrected chi connectivity index (χ2v) is 5.77. The van der Waals surface area contributed by atoms with Crippen molar-refractivity contribution in [3.05, 3.63) is 0 Å². The number of nitrogens with zero attached hydrogens (tertiary/aromatic N) is 2. The fourth-order valence-electron chi connectivity index (χ4n) is 1.73. The Morgan fingerprint density at radius 2 is 2.06 bits per heavy atom. The van der Waals surface area contributed by atoms with Gasteiger partial charge in [0.05, 0.1) is 5.25 Å². The van der Waals surface area contributed by atoms with E-state index >= 15 is 0 Å². The summed E-state index contributed by atoms with van der Waals surface area (Å²) < 4.78 is 0. The zero-order valence-corrected chi connectivity index (χ0v) is 11.2. The van der Waals surface area contributed by atoms with Crippen LogP contribution in [-0.2, 0) is 9.59 Å². The molecule has 0 saturated carbocycles. The average Bonchev–Trinajstić information content (AvgIpc) is 2.75. The Kier molecular flexibility index (Phi) is 5.77. The molecule has 0 aliphatic carbocycles. The number of amides is 1. The standard InChI is InChI=1S/C11H20N2O3S/c1-12(2)5-6-13(8-10(14)15)11(16)9-4-3-7-17-9/h9H,3-8H2,1-2H3,(H,14,15). The number of carbonyl (C=O) groups excluding carboxylic acids is 1. The fourth-order valence-corrected chi connectivity index (χ4v) is 2.97. The van der Waals surface area contributed by atoms with Crippen molar-refractivity contribution in [1.82, 2.24) is 9.80 Å². The molecule has 1 atom stereocenters. The maximum absolute atomic E-state index is 12.1. The average molecular weight is 260 g/mol. The number of carboxylic acids is 1. The van der Waals surface area contributed by atoms with E-state index in [1.54, 1.807) is 11.8 Å². The first kappa shape index (κ1) is 14.3. The van der Waals surface area contributed by atoms with Crippen LogP contribution in [0.1, 0.15) is 12.8 Å². The highest BCUT2D eigenvalue weighted by atomic mass is 32.2. The number of carbonyl (C=O) groups is 2. The topological polar surface area (TPSA) is 60.9 Å². The molecule has 6 heteroatoms. The van der Waals surface area contributed by atoms with Crippen molar-refractivity contribution in [2.45, 2.75) is 18.1 Å². The molecule has 1 fully saturated rings. The third kappa shape index (κ3) is 4.95. The Labute approximate surface area is 106 Å². The lowest BCUT2D eigenvalue weighted by atomic mass is 10.2. The molecule has 1 N–H and O–H groups in total. The minimum absolute atomic E-state index is 0.0169. The number of hydrogen-bond donors (Lipinski definition) is 1. The van der Waals surface area contributed by atoms with Gasteiger partial charge in [0.25, 0.3) is 0 Å². The first-order valence-electron chi connectivity index (χ1n) is 5.77. The monoisotopic (exact) mass is 260 g/mol. The quantitative estimate of drug-likeness (QED) is 0.747. The van der Waals surface area contributed by atoms with Crippen LogP contribution in [0.15, 0.2) is 0 Å². The highest BCUT2D eigenvalue weighted by molar-refractivity contribution is 8.00. The number of thioether (sulfide) groups is 1. The van der Waals surface area contributed by atoms with Gasteiger partial charge >= 0.3 is 5.97 Å². The smallest absolute Gasteiger partial charge is 0.323 e. The lowest BCUT2D eigenvalue weighted by Crippen LogP contribution is -2.43. The zero-order valence-electron chi connectivity index (χ0n) is 10.4. The highest BCUT2D eigenvalue weighted by Crippen LogP contribution is 2.27. The lowest BCUT2D eigenvalue weighted by Gasteiger charge is -2.25. The van der Waals surface area contributed by atoms with Gasteiger partial charge in [-0.3, -0.25) is 9.59 Å². The van der Waals surface area contributed by atoms with Crippen LogP contribution in [-0.4, -0.2) is 71.5 Å². The molecule has 1 amide bonds. The van der Waals surface area contributed by atoms with Gasteiger partial charge in [-0.25, -0.2) is 0 Å². The van der Waals surface area contributed by atoms with Gasteiger partial charge in [0.2, 0.25) is 5.91 Å². The minimum atomic E-state index is -0.944. The molecule has 1 saturated heterocycles. The van der Waals surface area contributed by atoms with Crippen molar-refractivity contribution in [3.63, 3.8) is 0 Å². The van der Waals surface area contributed by atoms with Gasteiger partial charge in [-0.05, 0) is 32.7 Å². The maximum atomic E-state index is 12.1. The van der Waals surface area contributed by atoms with Crippen LogP contribution in [0.5, 0.6) is 0 Å². The molecule has 0 aromatic heterocycles. The molecular weight excluding hydrogens is 240 g/mol. The first-order chi connectivity index (χ1) is 8.00. The Morgan fingerprint density at radius 1 is 1.35 bits per heavy atom. The van der Waals surface area contributed by atoms with E-state index in [4.69, 9.17) is 5.11 Å². The number of carboxylic acid groups (broad SMARTS) is 1. The van der Waals surface area contributed by atoms with Gasteiger partial charge in [-0.1, -0.05) is 0 Å². The van der Waals surface area contributed by atoms with E-state index in [1.165, 1.54) is 4.90 Å². The summed E-state index contributed by atoms with van der Waals surface area (Å²) in [4.78, 5) is 26.3. The third-order valence-corrected chi connectivity index (χ3v) is 4.02. The minimum Gasteiger partial charge on any atom is -0.480 e. The van der Waals surface area contributed by atoms with E-state index in [1.807, 2.05) is 19.0 Å². The Bertz CT molecular complexity index is 278. The van der Waals surface area contributed by atoms with Crippen molar-refractivity contribution in [2.24, 2.45) is 0 Å². The predicted octanol–water partition coefficient (Wildman–Crippen LogP) is 0.357. The van der Waals surface area contributed by atoms with Gasteiger partial charge in [0, 0.05) is 13.1 Å². The molecule has 1 rings (SSSR count). The van der Waals surface area contributed by atoms with Crippen LogP contribution in [0.25, 0.3) is 0 Å². The fraction of sp³-hybridized carbons (Fsp3) is 0.818. The summed E-state index contributed by atoms with van der Waals surface area (Å²) in [5.41, 5.74) is 0. The van der Waals surface area contributed by atoms with Crippen molar-refractivity contribution in [1.29, 1.82) is 0 Å². The van der Waals surface area contributed by atoms with Crippen molar-refractivity contribution < 1.29 is 14.7 Å². The maximum Gasteiger partial charge on any atom is 0.323 e. The van der Waals surface area contributed by atoms with Gasteiger partial charge < -0.3 is 14.9 Å². The van der Waals surface area contributed by atoms with Gasteiger partial charge in [0.15, 0.2) is 0 Å². The van der Waals surface area contributed by atoms with Crippen molar-refractivity contribution >= 4 is 23.6 Å². The molecule has 0 bridgehead atoms. The number of hydrogen-bond acceptors (Lipinski definition) is 4. The molecule has 1 aliphatic rings. The van der Waals surface area contributed by atoms with E-state index < -0.39 is 5.97 Å². The van der Waals surface area contributed by atoms with Crippen molar-refractivity contribution in [2.75, 3.05) is 39.5 Å². The van der Waals surface area contributed by atoms with Crippen LogP contribution in [0.4, 0.5) is 0 Å². The summed E-state index contributed by atoms with van der Waals surface area (Å²) in [6.45, 7) is 0.981. The molecule has 17 heavy (non-hydrogen) atoms. The van der Waals surface area contributed by atoms with Crippen LogP contribution < -0.4 is 0 Å². The summed E-state index contributed by atoms with van der Waals surface area (Å²) in [5.74, 6) is 0.0437. The van der Waals surface area contributed by atoms with E-state index in [9.17, 15) is 9.59 Å². The molecule has 0 spiro atoms. The van der Waals surface area contributed by atoms with Crippen LogP contribution in [0.3, 0.4) is 0 Å². The summed E-state index contributed by atoms with van der Waals surface area (Å²) in [7, 11) is 3.82. The molecule has 98 valence electrons. The van der Waals surface area contributed by atoms with E-state index in [2.05, 4.69) is 0 Å². The highest BCUT2D eigenvalue weighted by Gasteiger charge is 2.28. The molecule has 0 aromatic rings. The van der Waals surface area contributed by atoms with E-state index in [-0.39, 0.29) is 17.7 Å². The Hall–Kier alpha value is -0.750. The van der Waals surface area contributed by atoms with Crippen LogP contribution >= 0.6 is 11.8 Å². The third-order valence-electron chi connectivity index (χ3n) is 2.66. The molecule has 1 heterocycles. The lowest BCUT2D eigenvalue weighted by molar-refractivity contribution is -0.144. The number of likely N-dealkylation sites (N-methyl/N-ethyl adjacent to an activating group) is 1. The second kappa shape index (κ2) is 6.86. The first-order valence-corrected chi connectivity index (χ1v) is 6.82. The number of rotatable bonds is 6. The van der Waals surface area contributed by atoms with E-state index in [0.717, 1.165) is 18.6 Å².